The van der Waals surface area contributed by atoms with Crippen LogP contribution in [-0.4, -0.2) is 0 Å². The van der Waals surface area contributed by atoms with Gasteiger partial charge in [0.25, 0.3) is 0 Å². The number of aromatic nitrogens is 1. The molecule has 0 saturated carbocycles. The first-order chi connectivity index (χ1) is 7.24. The van der Waals surface area contributed by atoms with E-state index in [0.29, 0.717) is 0 Å². The summed E-state index contributed by atoms with van der Waals surface area (Å²) in [5, 5.41) is 2.39. The summed E-state index contributed by atoms with van der Waals surface area (Å²) in [6, 6.07) is 12.3. The van der Waals surface area contributed by atoms with Crippen molar-refractivity contribution in [2.24, 2.45) is 0 Å². The van der Waals surface area contributed by atoms with Crippen LogP contribution >= 0.6 is 31.9 Å². The molecule has 0 aliphatic rings. The average Bonchev–Trinajstić information content (AvgIpc) is 2.56. The number of fused-ring (bicyclic) bond motifs is 3. The molecule has 74 valence electrons. The minimum atomic E-state index is 0. The molecule has 16 heavy (non-hydrogen) atoms. The second-order valence-electron chi connectivity index (χ2n) is 3.43. The molecular formula is C12H6Br2LiN. The second-order valence-corrected chi connectivity index (χ2v) is 5.27. The molecule has 2 aromatic carbocycles. The molecule has 3 aromatic rings. The molecule has 0 aliphatic heterocycles. The van der Waals surface area contributed by atoms with Crippen molar-refractivity contribution in [1.82, 2.24) is 4.98 Å². The van der Waals surface area contributed by atoms with Crippen LogP contribution in [0.1, 0.15) is 0 Å². The van der Waals surface area contributed by atoms with Gasteiger partial charge in [-0.2, -0.15) is 0 Å². The van der Waals surface area contributed by atoms with E-state index in [1.165, 1.54) is 10.8 Å². The van der Waals surface area contributed by atoms with Crippen LogP contribution in [0.5, 0.6) is 0 Å². The van der Waals surface area contributed by atoms with Gasteiger partial charge < -0.3 is 4.98 Å². The Labute approximate surface area is 122 Å². The fourth-order valence-electron chi connectivity index (χ4n) is 1.77. The van der Waals surface area contributed by atoms with Crippen LogP contribution in [0.2, 0.25) is 0 Å². The van der Waals surface area contributed by atoms with E-state index in [1.54, 1.807) is 0 Å². The maximum atomic E-state index is 4.56. The van der Waals surface area contributed by atoms with Gasteiger partial charge in [0.15, 0.2) is 0 Å². The van der Waals surface area contributed by atoms with Crippen LogP contribution in [0, 0.1) is 0 Å². The molecule has 0 spiro atoms. The number of halogens is 2. The largest absolute Gasteiger partial charge is 1.00 e. The number of nitrogens with zero attached hydrogens (tertiary/aromatic N) is 1. The average molecular weight is 331 g/mol. The van der Waals surface area contributed by atoms with Crippen LogP contribution in [0.4, 0.5) is 0 Å². The Bertz CT molecular complexity index is 604. The van der Waals surface area contributed by atoms with Crippen molar-refractivity contribution in [3.63, 3.8) is 0 Å². The number of hydrogen-bond donors (Lipinski definition) is 0. The predicted octanol–water partition coefficient (Wildman–Crippen LogP) is 1.48. The van der Waals surface area contributed by atoms with Gasteiger partial charge in [0.1, 0.15) is 0 Å². The van der Waals surface area contributed by atoms with Gasteiger partial charge in [0.05, 0.1) is 0 Å². The fourth-order valence-corrected chi connectivity index (χ4v) is 2.49. The van der Waals surface area contributed by atoms with Crippen molar-refractivity contribution < 1.29 is 18.9 Å². The van der Waals surface area contributed by atoms with Crippen LogP contribution in [0.3, 0.4) is 0 Å². The van der Waals surface area contributed by atoms with Crippen LogP contribution in [0.25, 0.3) is 21.8 Å². The standard InChI is InChI=1S/C12H6Br2N.Li/c13-7-1-3-11-9(5-7)10-6-8(14)2-4-12(10)15-11;/h1-6H;/q-1;+1. The molecule has 0 aliphatic carbocycles. The van der Waals surface area contributed by atoms with E-state index < -0.39 is 0 Å². The van der Waals surface area contributed by atoms with Crippen molar-refractivity contribution in [3.8, 4) is 0 Å². The molecule has 0 radical (unpaired) electrons. The van der Waals surface area contributed by atoms with E-state index in [1.807, 2.05) is 24.3 Å². The molecule has 0 bridgehead atoms. The summed E-state index contributed by atoms with van der Waals surface area (Å²) in [4.78, 5) is 4.56. The Kier molecular flexibility index (Phi) is 3.51. The summed E-state index contributed by atoms with van der Waals surface area (Å²) < 4.78 is 2.17. The van der Waals surface area contributed by atoms with Crippen molar-refractivity contribution >= 4 is 53.7 Å². The van der Waals surface area contributed by atoms with Gasteiger partial charge in [-0.05, 0) is 35.0 Å². The van der Waals surface area contributed by atoms with Gasteiger partial charge in [-0.25, -0.2) is 0 Å². The summed E-state index contributed by atoms with van der Waals surface area (Å²) in [7, 11) is 0. The molecule has 4 heteroatoms. The van der Waals surface area contributed by atoms with E-state index in [4.69, 9.17) is 0 Å². The molecule has 0 fully saturated rings. The quantitative estimate of drug-likeness (QED) is 0.569. The maximum Gasteiger partial charge on any atom is 1.00 e. The number of benzene rings is 2. The Morgan fingerprint density at radius 1 is 0.750 bits per heavy atom. The van der Waals surface area contributed by atoms with Gasteiger partial charge in [-0.3, -0.25) is 0 Å². The molecule has 0 unspecified atom stereocenters. The monoisotopic (exact) mass is 329 g/mol. The topological polar surface area (TPSA) is 14.1 Å². The Balaban J connectivity index is 0.000000963. The zero-order chi connectivity index (χ0) is 10.4. The molecule has 0 atom stereocenters. The van der Waals surface area contributed by atoms with Crippen molar-refractivity contribution in [1.29, 1.82) is 0 Å². The summed E-state index contributed by atoms with van der Waals surface area (Å²) in [5.41, 5.74) is 2.10. The third kappa shape index (κ3) is 1.98. The molecule has 0 saturated heterocycles. The molecule has 1 aromatic heterocycles. The first-order valence-corrected chi connectivity index (χ1v) is 6.14. The Morgan fingerprint density at radius 2 is 1.19 bits per heavy atom. The van der Waals surface area contributed by atoms with Gasteiger partial charge >= 0.3 is 18.9 Å². The first kappa shape index (κ1) is 12.3. The Hall–Kier alpha value is -0.203. The summed E-state index contributed by atoms with van der Waals surface area (Å²) >= 11 is 6.96. The van der Waals surface area contributed by atoms with Crippen molar-refractivity contribution in [3.05, 3.63) is 45.3 Å². The molecule has 1 nitrogen and oxygen atoms in total. The minimum Gasteiger partial charge on any atom is -0.657 e. The van der Waals surface area contributed by atoms with Gasteiger partial charge in [-0.1, -0.05) is 44.0 Å². The third-order valence-corrected chi connectivity index (χ3v) is 3.43. The minimum absolute atomic E-state index is 0. The SMILES string of the molecule is Brc1ccc2[n-]c3ccc(Br)cc3c2c1.[Li+]. The summed E-state index contributed by atoms with van der Waals surface area (Å²) in [6.45, 7) is 0. The fraction of sp³-hybridized carbons (Fsp3) is 0. The molecule has 0 amide bonds. The normalized spacial score (nSPS) is 10.6. The van der Waals surface area contributed by atoms with Crippen LogP contribution < -0.4 is 23.8 Å². The molecule has 1 heterocycles. The van der Waals surface area contributed by atoms with E-state index >= 15 is 0 Å². The van der Waals surface area contributed by atoms with Gasteiger partial charge in [0, 0.05) is 8.95 Å². The zero-order valence-corrected chi connectivity index (χ0v) is 11.8. The van der Waals surface area contributed by atoms with Crippen molar-refractivity contribution in [2.75, 3.05) is 0 Å². The van der Waals surface area contributed by atoms with Crippen LogP contribution in [-0.2, 0) is 0 Å². The predicted molar refractivity (Wildman–Crippen MR) is 70.2 cm³/mol. The number of hydrogen-bond acceptors (Lipinski definition) is 0. The number of rotatable bonds is 0. The summed E-state index contributed by atoms with van der Waals surface area (Å²) in [5.74, 6) is 0. The van der Waals surface area contributed by atoms with E-state index in [9.17, 15) is 0 Å². The van der Waals surface area contributed by atoms with E-state index in [0.717, 1.165) is 20.0 Å². The zero-order valence-electron chi connectivity index (χ0n) is 8.67. The smallest absolute Gasteiger partial charge is 0.657 e. The second kappa shape index (κ2) is 4.58. The Morgan fingerprint density at radius 3 is 1.62 bits per heavy atom. The van der Waals surface area contributed by atoms with Gasteiger partial charge in [0.2, 0.25) is 0 Å². The third-order valence-electron chi connectivity index (χ3n) is 2.45. The first-order valence-electron chi connectivity index (χ1n) is 4.55. The van der Waals surface area contributed by atoms with E-state index in [-0.39, 0.29) is 18.9 Å². The van der Waals surface area contributed by atoms with Crippen molar-refractivity contribution in [2.45, 2.75) is 0 Å². The molecule has 0 N–H and O–H groups in total. The maximum absolute atomic E-state index is 4.56. The van der Waals surface area contributed by atoms with Crippen LogP contribution in [0.15, 0.2) is 45.3 Å². The van der Waals surface area contributed by atoms with E-state index in [2.05, 4.69) is 49.0 Å². The molecular weight excluding hydrogens is 325 g/mol. The molecule has 3 rings (SSSR count). The summed E-state index contributed by atoms with van der Waals surface area (Å²) in [6.07, 6.45) is 0. The van der Waals surface area contributed by atoms with Gasteiger partial charge in [-0.15, -0.1) is 11.0 Å².